The predicted octanol–water partition coefficient (Wildman–Crippen LogP) is 3.70. The SMILES string of the molecule is CNC(CNC(=O)C(C)(C)Cc1ccccc1)c1sccc1C. The summed E-state index contributed by atoms with van der Waals surface area (Å²) in [7, 11) is 1.94. The molecule has 1 unspecified atom stereocenters. The van der Waals surface area contributed by atoms with Crippen molar-refractivity contribution < 1.29 is 4.79 Å². The van der Waals surface area contributed by atoms with E-state index in [1.807, 2.05) is 39.1 Å². The lowest BCUT2D eigenvalue weighted by Crippen LogP contribution is -2.42. The molecule has 3 nitrogen and oxygen atoms in total. The van der Waals surface area contributed by atoms with E-state index in [1.54, 1.807) is 11.3 Å². The molecule has 1 aromatic heterocycles. The van der Waals surface area contributed by atoms with E-state index in [-0.39, 0.29) is 11.9 Å². The average molecular weight is 330 g/mol. The van der Waals surface area contributed by atoms with Gasteiger partial charge in [0.2, 0.25) is 5.91 Å². The molecule has 0 saturated heterocycles. The topological polar surface area (TPSA) is 41.1 Å². The fourth-order valence-corrected chi connectivity index (χ4v) is 3.73. The van der Waals surface area contributed by atoms with Gasteiger partial charge in [-0.2, -0.15) is 0 Å². The van der Waals surface area contributed by atoms with Crippen molar-refractivity contribution in [1.29, 1.82) is 0 Å². The Bertz CT molecular complexity index is 634. The van der Waals surface area contributed by atoms with Gasteiger partial charge in [-0.1, -0.05) is 44.2 Å². The summed E-state index contributed by atoms with van der Waals surface area (Å²) in [5.74, 6) is 0.0933. The summed E-state index contributed by atoms with van der Waals surface area (Å²) in [6.07, 6.45) is 0.738. The molecular weight excluding hydrogens is 304 g/mol. The van der Waals surface area contributed by atoms with Gasteiger partial charge in [0, 0.05) is 16.8 Å². The van der Waals surface area contributed by atoms with Gasteiger partial charge >= 0.3 is 0 Å². The molecule has 0 aliphatic carbocycles. The first-order valence-corrected chi connectivity index (χ1v) is 8.85. The van der Waals surface area contributed by atoms with Crippen LogP contribution in [0.2, 0.25) is 0 Å². The minimum Gasteiger partial charge on any atom is -0.354 e. The zero-order valence-corrected chi connectivity index (χ0v) is 15.2. The van der Waals surface area contributed by atoms with Crippen LogP contribution in [-0.2, 0) is 11.2 Å². The van der Waals surface area contributed by atoms with E-state index in [0.29, 0.717) is 6.54 Å². The van der Waals surface area contributed by atoms with Crippen molar-refractivity contribution in [1.82, 2.24) is 10.6 Å². The quantitative estimate of drug-likeness (QED) is 0.813. The number of carbonyl (C=O) groups is 1. The number of aryl methyl sites for hydroxylation is 1. The molecule has 1 heterocycles. The third-order valence-corrected chi connectivity index (χ3v) is 5.27. The number of hydrogen-bond donors (Lipinski definition) is 2. The van der Waals surface area contributed by atoms with Crippen LogP contribution < -0.4 is 10.6 Å². The van der Waals surface area contributed by atoms with Crippen molar-refractivity contribution in [3.63, 3.8) is 0 Å². The molecule has 0 spiro atoms. The fourth-order valence-electron chi connectivity index (χ4n) is 2.69. The molecule has 2 N–H and O–H groups in total. The minimum atomic E-state index is -0.426. The van der Waals surface area contributed by atoms with E-state index >= 15 is 0 Å². The molecule has 0 radical (unpaired) electrons. The first-order valence-electron chi connectivity index (χ1n) is 7.97. The Morgan fingerprint density at radius 2 is 1.91 bits per heavy atom. The van der Waals surface area contributed by atoms with Gasteiger partial charge in [0.25, 0.3) is 0 Å². The number of carbonyl (C=O) groups excluding carboxylic acids is 1. The number of benzene rings is 1. The lowest BCUT2D eigenvalue weighted by Gasteiger charge is -2.25. The predicted molar refractivity (Wildman–Crippen MR) is 97.8 cm³/mol. The molecule has 0 saturated carbocycles. The fraction of sp³-hybridized carbons (Fsp3) is 0.421. The highest BCUT2D eigenvalue weighted by atomic mass is 32.1. The monoisotopic (exact) mass is 330 g/mol. The van der Waals surface area contributed by atoms with E-state index in [1.165, 1.54) is 16.0 Å². The third-order valence-electron chi connectivity index (χ3n) is 4.14. The van der Waals surface area contributed by atoms with E-state index in [0.717, 1.165) is 6.42 Å². The summed E-state index contributed by atoms with van der Waals surface area (Å²) in [5.41, 5.74) is 2.03. The first-order chi connectivity index (χ1) is 10.9. The zero-order chi connectivity index (χ0) is 16.9. The number of amides is 1. The molecule has 23 heavy (non-hydrogen) atoms. The van der Waals surface area contributed by atoms with E-state index in [9.17, 15) is 4.79 Å². The number of likely N-dealkylation sites (N-methyl/N-ethyl adjacent to an activating group) is 1. The van der Waals surface area contributed by atoms with Crippen molar-refractivity contribution in [2.24, 2.45) is 5.41 Å². The van der Waals surface area contributed by atoms with Crippen molar-refractivity contribution >= 4 is 17.2 Å². The maximum absolute atomic E-state index is 12.6. The maximum atomic E-state index is 12.6. The van der Waals surface area contributed by atoms with E-state index < -0.39 is 5.41 Å². The highest BCUT2D eigenvalue weighted by Crippen LogP contribution is 2.25. The Morgan fingerprint density at radius 3 is 2.48 bits per heavy atom. The first kappa shape index (κ1) is 17.7. The largest absolute Gasteiger partial charge is 0.354 e. The molecule has 1 atom stereocenters. The van der Waals surface area contributed by atoms with Crippen LogP contribution in [0.15, 0.2) is 41.8 Å². The van der Waals surface area contributed by atoms with Crippen LogP contribution in [0.4, 0.5) is 0 Å². The Balaban J connectivity index is 1.96. The van der Waals surface area contributed by atoms with Crippen LogP contribution in [-0.4, -0.2) is 19.5 Å². The van der Waals surface area contributed by atoms with Gasteiger partial charge < -0.3 is 10.6 Å². The maximum Gasteiger partial charge on any atom is 0.226 e. The molecule has 0 fully saturated rings. The smallest absolute Gasteiger partial charge is 0.226 e. The van der Waals surface area contributed by atoms with E-state index in [2.05, 4.69) is 41.1 Å². The van der Waals surface area contributed by atoms with Gasteiger partial charge in [0.1, 0.15) is 0 Å². The van der Waals surface area contributed by atoms with Crippen LogP contribution in [0.5, 0.6) is 0 Å². The molecule has 0 aliphatic heterocycles. The molecule has 0 bridgehead atoms. The lowest BCUT2D eigenvalue weighted by molar-refractivity contribution is -0.129. The van der Waals surface area contributed by atoms with Crippen LogP contribution in [0.25, 0.3) is 0 Å². The molecule has 0 aliphatic rings. The second-order valence-electron chi connectivity index (χ2n) is 6.57. The van der Waals surface area contributed by atoms with Crippen LogP contribution in [0, 0.1) is 12.3 Å². The Labute approximate surface area is 143 Å². The summed E-state index contributed by atoms with van der Waals surface area (Å²) in [5, 5.41) is 8.51. The molecule has 124 valence electrons. The Kier molecular flexibility index (Phi) is 5.97. The molecule has 1 amide bonds. The second-order valence-corrected chi connectivity index (χ2v) is 7.51. The summed E-state index contributed by atoms with van der Waals surface area (Å²) >= 11 is 1.73. The summed E-state index contributed by atoms with van der Waals surface area (Å²) in [4.78, 5) is 13.9. The molecule has 2 rings (SSSR count). The van der Waals surface area contributed by atoms with E-state index in [4.69, 9.17) is 0 Å². The van der Waals surface area contributed by atoms with Gasteiger partial charge in [-0.05, 0) is 43.0 Å². The number of rotatable bonds is 7. The van der Waals surface area contributed by atoms with Crippen molar-refractivity contribution in [2.75, 3.05) is 13.6 Å². The number of thiophene rings is 1. The molecule has 4 heteroatoms. The summed E-state index contributed by atoms with van der Waals surface area (Å²) < 4.78 is 0. The highest BCUT2D eigenvalue weighted by Gasteiger charge is 2.28. The van der Waals surface area contributed by atoms with Crippen molar-refractivity contribution in [3.05, 3.63) is 57.8 Å². The minimum absolute atomic E-state index is 0.0933. The lowest BCUT2D eigenvalue weighted by atomic mass is 9.84. The molecule has 2 aromatic rings. The number of hydrogen-bond acceptors (Lipinski definition) is 3. The van der Waals surface area contributed by atoms with Gasteiger partial charge in [0.15, 0.2) is 0 Å². The normalized spacial score (nSPS) is 12.9. The Morgan fingerprint density at radius 1 is 1.22 bits per heavy atom. The van der Waals surface area contributed by atoms with Crippen LogP contribution in [0.1, 0.15) is 35.9 Å². The van der Waals surface area contributed by atoms with Gasteiger partial charge in [-0.3, -0.25) is 4.79 Å². The summed E-state index contributed by atoms with van der Waals surface area (Å²) in [6.45, 7) is 6.71. The van der Waals surface area contributed by atoms with Gasteiger partial charge in [0.05, 0.1) is 6.04 Å². The standard InChI is InChI=1S/C19H26N2OS/c1-14-10-11-23-17(14)16(20-4)13-21-18(22)19(2,3)12-15-8-6-5-7-9-15/h5-11,16,20H,12-13H2,1-4H3,(H,21,22). The number of nitrogens with one attached hydrogen (secondary N) is 2. The van der Waals surface area contributed by atoms with Crippen molar-refractivity contribution in [2.45, 2.75) is 33.2 Å². The molecule has 1 aromatic carbocycles. The average Bonchev–Trinajstić information content (AvgIpc) is 2.94. The van der Waals surface area contributed by atoms with Crippen LogP contribution >= 0.6 is 11.3 Å². The third kappa shape index (κ3) is 4.66. The Hall–Kier alpha value is -1.65. The zero-order valence-electron chi connectivity index (χ0n) is 14.3. The van der Waals surface area contributed by atoms with Crippen LogP contribution in [0.3, 0.4) is 0 Å². The highest BCUT2D eigenvalue weighted by molar-refractivity contribution is 7.10. The van der Waals surface area contributed by atoms with Gasteiger partial charge in [-0.15, -0.1) is 11.3 Å². The molecular formula is C19H26N2OS. The summed E-state index contributed by atoms with van der Waals surface area (Å²) in [6, 6.07) is 12.4. The second kappa shape index (κ2) is 7.75. The van der Waals surface area contributed by atoms with Crippen molar-refractivity contribution in [3.8, 4) is 0 Å². The van der Waals surface area contributed by atoms with Gasteiger partial charge in [-0.25, -0.2) is 0 Å².